The van der Waals surface area contributed by atoms with E-state index in [1.165, 1.54) is 0 Å². The Labute approximate surface area is 164 Å². The first-order valence-electron chi connectivity index (χ1n) is 8.41. The number of carbonyl (C=O) groups is 2. The van der Waals surface area contributed by atoms with Crippen LogP contribution in [-0.4, -0.2) is 29.8 Å². The van der Waals surface area contributed by atoms with Crippen LogP contribution in [0, 0.1) is 0 Å². The monoisotopic (exact) mass is 392 g/mol. The van der Waals surface area contributed by atoms with Gasteiger partial charge in [0.05, 0.1) is 0 Å². The van der Waals surface area contributed by atoms with E-state index in [0.717, 1.165) is 11.1 Å². The van der Waals surface area contributed by atoms with E-state index in [2.05, 4.69) is 5.32 Å². The second-order valence-corrected chi connectivity index (χ2v) is 6.87. The zero-order valence-electron chi connectivity index (χ0n) is 14.8. The molecule has 0 spiro atoms. The molecule has 4 nitrogen and oxygen atoms in total. The van der Waals surface area contributed by atoms with Crippen molar-refractivity contribution in [1.29, 1.82) is 0 Å². The number of halogens is 2. The van der Waals surface area contributed by atoms with Crippen molar-refractivity contribution in [2.24, 2.45) is 0 Å². The maximum Gasteiger partial charge on any atom is 0.242 e. The van der Waals surface area contributed by atoms with Gasteiger partial charge in [0.25, 0.3) is 0 Å². The molecule has 2 aromatic carbocycles. The maximum absolute atomic E-state index is 12.8. The molecule has 2 amide bonds. The number of amides is 2. The smallest absolute Gasteiger partial charge is 0.242 e. The molecule has 138 valence electrons. The van der Waals surface area contributed by atoms with Crippen LogP contribution < -0.4 is 5.32 Å². The molecule has 1 atom stereocenters. The normalized spacial score (nSPS) is 11.7. The predicted octanol–water partition coefficient (Wildman–Crippen LogP) is 4.09. The van der Waals surface area contributed by atoms with E-state index >= 15 is 0 Å². The fraction of sp³-hybridized carbons (Fsp3) is 0.300. The molecule has 0 aromatic heterocycles. The number of aryl methyl sites for hydroxylation is 1. The van der Waals surface area contributed by atoms with Crippen molar-refractivity contribution in [2.75, 3.05) is 7.05 Å². The molecule has 0 heterocycles. The first kappa shape index (κ1) is 20.3. The molecule has 0 fully saturated rings. The Morgan fingerprint density at radius 1 is 1.08 bits per heavy atom. The highest BCUT2D eigenvalue weighted by Crippen LogP contribution is 2.19. The van der Waals surface area contributed by atoms with Crippen molar-refractivity contribution in [3.05, 3.63) is 69.7 Å². The molecule has 1 unspecified atom stereocenters. The summed E-state index contributed by atoms with van der Waals surface area (Å²) in [7, 11) is 1.56. The van der Waals surface area contributed by atoms with E-state index in [4.69, 9.17) is 23.2 Å². The molecule has 6 heteroatoms. The molecule has 26 heavy (non-hydrogen) atoms. The number of carbonyl (C=O) groups excluding carboxylic acids is 2. The molecule has 0 radical (unpaired) electrons. The Morgan fingerprint density at radius 3 is 2.35 bits per heavy atom. The van der Waals surface area contributed by atoms with Crippen molar-refractivity contribution in [3.63, 3.8) is 0 Å². The van der Waals surface area contributed by atoms with Crippen LogP contribution >= 0.6 is 23.2 Å². The fourth-order valence-electron chi connectivity index (χ4n) is 2.66. The molecular weight excluding hydrogens is 371 g/mol. The SMILES string of the molecule is CNC(=O)C(C)N(Cc1ccc(Cl)cc1)C(=O)CCc1ccccc1Cl. The average molecular weight is 393 g/mol. The average Bonchev–Trinajstić information content (AvgIpc) is 2.65. The number of hydrogen-bond donors (Lipinski definition) is 1. The summed E-state index contributed by atoms with van der Waals surface area (Å²) in [6.07, 6.45) is 0.800. The van der Waals surface area contributed by atoms with Gasteiger partial charge in [0.15, 0.2) is 0 Å². The van der Waals surface area contributed by atoms with Crippen LogP contribution in [0.5, 0.6) is 0 Å². The van der Waals surface area contributed by atoms with Crippen LogP contribution in [0.2, 0.25) is 10.0 Å². The van der Waals surface area contributed by atoms with Crippen molar-refractivity contribution in [2.45, 2.75) is 32.4 Å². The zero-order chi connectivity index (χ0) is 19.1. The Balaban J connectivity index is 2.13. The Morgan fingerprint density at radius 2 is 1.73 bits per heavy atom. The van der Waals surface area contributed by atoms with Gasteiger partial charge in [-0.15, -0.1) is 0 Å². The third-order valence-electron chi connectivity index (χ3n) is 4.25. The topological polar surface area (TPSA) is 49.4 Å². The first-order valence-corrected chi connectivity index (χ1v) is 9.17. The molecule has 0 bridgehead atoms. The summed E-state index contributed by atoms with van der Waals surface area (Å²) in [6.45, 7) is 2.06. The van der Waals surface area contributed by atoms with Crippen LogP contribution in [0.4, 0.5) is 0 Å². The lowest BCUT2D eigenvalue weighted by Crippen LogP contribution is -2.46. The van der Waals surface area contributed by atoms with Gasteiger partial charge in [-0.05, 0) is 42.7 Å². The minimum absolute atomic E-state index is 0.101. The number of hydrogen-bond acceptors (Lipinski definition) is 2. The first-order chi connectivity index (χ1) is 12.4. The quantitative estimate of drug-likeness (QED) is 0.771. The fourth-order valence-corrected chi connectivity index (χ4v) is 3.02. The summed E-state index contributed by atoms with van der Waals surface area (Å²) in [6, 6.07) is 14.1. The van der Waals surface area contributed by atoms with E-state index < -0.39 is 6.04 Å². The number of nitrogens with zero attached hydrogens (tertiary/aromatic N) is 1. The zero-order valence-corrected chi connectivity index (χ0v) is 16.3. The van der Waals surface area contributed by atoms with E-state index in [-0.39, 0.29) is 18.2 Å². The van der Waals surface area contributed by atoms with Crippen LogP contribution in [0.25, 0.3) is 0 Å². The second kappa shape index (κ2) is 9.60. The van der Waals surface area contributed by atoms with Gasteiger partial charge in [-0.3, -0.25) is 9.59 Å². The van der Waals surface area contributed by atoms with Crippen molar-refractivity contribution in [1.82, 2.24) is 10.2 Å². The largest absolute Gasteiger partial charge is 0.357 e. The van der Waals surface area contributed by atoms with E-state index in [0.29, 0.717) is 23.0 Å². The lowest BCUT2D eigenvalue weighted by atomic mass is 10.1. The predicted molar refractivity (Wildman–Crippen MR) is 105 cm³/mol. The van der Waals surface area contributed by atoms with Crippen molar-refractivity contribution < 1.29 is 9.59 Å². The number of likely N-dealkylation sites (N-methyl/N-ethyl adjacent to an activating group) is 1. The summed E-state index contributed by atoms with van der Waals surface area (Å²) in [5, 5.41) is 3.87. The number of nitrogens with one attached hydrogen (secondary N) is 1. The number of benzene rings is 2. The summed E-state index contributed by atoms with van der Waals surface area (Å²) in [4.78, 5) is 26.5. The number of rotatable bonds is 7. The van der Waals surface area contributed by atoms with Gasteiger partial charge in [-0.2, -0.15) is 0 Å². The molecule has 0 saturated carbocycles. The Hall–Kier alpha value is -2.04. The van der Waals surface area contributed by atoms with Gasteiger partial charge in [0.1, 0.15) is 6.04 Å². The Bertz CT molecular complexity index is 763. The van der Waals surface area contributed by atoms with E-state index in [9.17, 15) is 9.59 Å². The van der Waals surface area contributed by atoms with Crippen LogP contribution in [-0.2, 0) is 22.6 Å². The highest BCUT2D eigenvalue weighted by molar-refractivity contribution is 6.31. The van der Waals surface area contributed by atoms with Gasteiger partial charge in [0, 0.05) is 30.1 Å². The van der Waals surface area contributed by atoms with E-state index in [1.54, 1.807) is 37.1 Å². The molecule has 0 aliphatic rings. The molecule has 0 aliphatic carbocycles. The molecule has 0 saturated heterocycles. The summed E-state index contributed by atoms with van der Waals surface area (Å²) in [5.74, 6) is -0.305. The molecule has 0 aliphatic heterocycles. The lowest BCUT2D eigenvalue weighted by Gasteiger charge is -2.28. The molecule has 2 aromatic rings. The highest BCUT2D eigenvalue weighted by Gasteiger charge is 2.25. The van der Waals surface area contributed by atoms with Crippen LogP contribution in [0.3, 0.4) is 0 Å². The minimum Gasteiger partial charge on any atom is -0.357 e. The standard InChI is InChI=1S/C20H22Cl2N2O2/c1-14(20(26)23-2)24(13-15-7-10-17(21)11-8-15)19(25)12-9-16-5-3-4-6-18(16)22/h3-8,10-11,14H,9,12-13H2,1-2H3,(H,23,26). The summed E-state index contributed by atoms with van der Waals surface area (Å²) in [5.41, 5.74) is 1.83. The van der Waals surface area contributed by atoms with Gasteiger partial charge in [-0.1, -0.05) is 53.5 Å². The van der Waals surface area contributed by atoms with Crippen molar-refractivity contribution >= 4 is 35.0 Å². The van der Waals surface area contributed by atoms with Gasteiger partial charge < -0.3 is 10.2 Å². The van der Waals surface area contributed by atoms with Gasteiger partial charge in [0.2, 0.25) is 11.8 Å². The molecular formula is C20H22Cl2N2O2. The van der Waals surface area contributed by atoms with Crippen LogP contribution in [0.15, 0.2) is 48.5 Å². The minimum atomic E-state index is -0.575. The van der Waals surface area contributed by atoms with Crippen LogP contribution in [0.1, 0.15) is 24.5 Å². The third-order valence-corrected chi connectivity index (χ3v) is 4.87. The van der Waals surface area contributed by atoms with E-state index in [1.807, 2.05) is 30.3 Å². The lowest BCUT2D eigenvalue weighted by molar-refractivity contribution is -0.140. The summed E-state index contributed by atoms with van der Waals surface area (Å²) >= 11 is 12.1. The van der Waals surface area contributed by atoms with Gasteiger partial charge >= 0.3 is 0 Å². The summed E-state index contributed by atoms with van der Waals surface area (Å²) < 4.78 is 0. The van der Waals surface area contributed by atoms with Crippen molar-refractivity contribution in [3.8, 4) is 0 Å². The molecule has 1 N–H and O–H groups in total. The second-order valence-electron chi connectivity index (χ2n) is 6.03. The molecule has 2 rings (SSSR count). The Kier molecular flexibility index (Phi) is 7.49. The third kappa shape index (κ3) is 5.48. The van der Waals surface area contributed by atoms with Gasteiger partial charge in [-0.25, -0.2) is 0 Å². The highest BCUT2D eigenvalue weighted by atomic mass is 35.5. The maximum atomic E-state index is 12.8.